The van der Waals surface area contributed by atoms with Crippen LogP contribution in [0.3, 0.4) is 0 Å². The third-order valence-corrected chi connectivity index (χ3v) is 8.28. The summed E-state index contributed by atoms with van der Waals surface area (Å²) in [5.41, 5.74) is 14.8. The van der Waals surface area contributed by atoms with E-state index < -0.39 is 0 Å². The van der Waals surface area contributed by atoms with Gasteiger partial charge in [-0.1, -0.05) is 129 Å². The largest absolute Gasteiger partial charge is 0.310 e. The van der Waals surface area contributed by atoms with Crippen molar-refractivity contribution in [3.8, 4) is 33.4 Å². The zero-order valence-corrected chi connectivity index (χ0v) is 25.9. The Balaban J connectivity index is 0.00000168. The number of benzene rings is 6. The fraction of sp³-hybridized carbons (Fsp3) is 0.116. The smallest absolute Gasteiger partial charge is 0.0467 e. The molecule has 0 N–H and O–H groups in total. The second-order valence-corrected chi connectivity index (χ2v) is 11.0. The lowest BCUT2D eigenvalue weighted by molar-refractivity contribution is 0.986. The summed E-state index contributed by atoms with van der Waals surface area (Å²) in [7, 11) is 0. The van der Waals surface area contributed by atoms with Crippen LogP contribution in [0.15, 0.2) is 152 Å². The Morgan fingerprint density at radius 3 is 1.64 bits per heavy atom. The van der Waals surface area contributed by atoms with E-state index in [1.54, 1.807) is 0 Å². The van der Waals surface area contributed by atoms with Crippen molar-refractivity contribution < 1.29 is 0 Å². The zero-order valence-electron chi connectivity index (χ0n) is 25.9. The fourth-order valence-corrected chi connectivity index (χ4v) is 5.97. The minimum absolute atomic E-state index is 1.13. The summed E-state index contributed by atoms with van der Waals surface area (Å²) in [6.07, 6.45) is 6.81. The van der Waals surface area contributed by atoms with Crippen molar-refractivity contribution in [2.75, 3.05) is 4.90 Å². The van der Waals surface area contributed by atoms with E-state index in [-0.39, 0.29) is 0 Å². The predicted octanol–water partition coefficient (Wildman–Crippen LogP) is 12.5. The lowest BCUT2D eigenvalue weighted by Gasteiger charge is -2.27. The molecule has 1 aliphatic rings. The maximum Gasteiger partial charge on any atom is 0.0467 e. The highest BCUT2D eigenvalue weighted by molar-refractivity contribution is 5.83. The number of anilines is 3. The molecule has 0 unspecified atom stereocenters. The number of fused-ring (bicyclic) bond motifs is 1. The third-order valence-electron chi connectivity index (χ3n) is 8.28. The normalized spacial score (nSPS) is 11.7. The molecule has 0 atom stereocenters. The van der Waals surface area contributed by atoms with Crippen LogP contribution in [0.25, 0.3) is 39.5 Å². The quantitative estimate of drug-likeness (QED) is 0.193. The van der Waals surface area contributed by atoms with Crippen molar-refractivity contribution >= 4 is 23.1 Å². The Morgan fingerprint density at radius 2 is 1.00 bits per heavy atom. The van der Waals surface area contributed by atoms with Crippen LogP contribution >= 0.6 is 0 Å². The number of nitrogens with zero attached hydrogens (tertiary/aromatic N) is 1. The average Bonchev–Trinajstić information content (AvgIpc) is 3.11. The van der Waals surface area contributed by atoms with Crippen LogP contribution in [0.2, 0.25) is 0 Å². The van der Waals surface area contributed by atoms with Gasteiger partial charge in [0.2, 0.25) is 0 Å². The first-order valence-corrected chi connectivity index (χ1v) is 15.7. The van der Waals surface area contributed by atoms with Gasteiger partial charge in [-0.2, -0.15) is 0 Å². The van der Waals surface area contributed by atoms with Crippen LogP contribution in [0.4, 0.5) is 17.1 Å². The molecular formula is C43H39N. The van der Waals surface area contributed by atoms with Crippen molar-refractivity contribution in [2.24, 2.45) is 0 Å². The van der Waals surface area contributed by atoms with Gasteiger partial charge in [-0.3, -0.25) is 0 Å². The average molecular weight is 570 g/mol. The number of allylic oxidation sites excluding steroid dienone is 1. The van der Waals surface area contributed by atoms with E-state index in [0.717, 1.165) is 29.9 Å². The first kappa shape index (κ1) is 29.0. The number of aryl methyl sites for hydroxylation is 2. The van der Waals surface area contributed by atoms with Gasteiger partial charge in [0, 0.05) is 17.1 Å². The maximum absolute atomic E-state index is 2.36. The molecule has 0 heterocycles. The molecule has 44 heavy (non-hydrogen) atoms. The van der Waals surface area contributed by atoms with Gasteiger partial charge in [0.05, 0.1) is 0 Å². The summed E-state index contributed by atoms with van der Waals surface area (Å²) < 4.78 is 0. The zero-order chi connectivity index (χ0) is 30.3. The van der Waals surface area contributed by atoms with Gasteiger partial charge >= 0.3 is 0 Å². The molecule has 0 radical (unpaired) electrons. The molecule has 1 heteroatoms. The predicted molar refractivity (Wildman–Crippen MR) is 191 cm³/mol. The summed E-state index contributed by atoms with van der Waals surface area (Å²) in [6.45, 7) is 6.19. The number of hydrogen-bond acceptors (Lipinski definition) is 1. The van der Waals surface area contributed by atoms with E-state index in [9.17, 15) is 0 Å². The highest BCUT2D eigenvalue weighted by Gasteiger charge is 2.16. The topological polar surface area (TPSA) is 3.24 Å². The molecule has 0 spiro atoms. The Hall–Kier alpha value is -5.14. The summed E-state index contributed by atoms with van der Waals surface area (Å²) in [4.78, 5) is 2.36. The van der Waals surface area contributed by atoms with E-state index in [2.05, 4.69) is 170 Å². The first-order valence-electron chi connectivity index (χ1n) is 15.7. The molecule has 0 fully saturated rings. The monoisotopic (exact) mass is 569 g/mol. The Kier molecular flexibility index (Phi) is 8.85. The van der Waals surface area contributed by atoms with E-state index in [1.165, 1.54) is 50.1 Å². The van der Waals surface area contributed by atoms with Crippen LogP contribution in [0.1, 0.15) is 37.0 Å². The molecule has 0 saturated carbocycles. The standard InChI is InChI=1S/C41H33N.C2H6/c1-30-16-23-40(29-41(30)35-13-6-3-7-14-35)42(38-24-19-33(20-25-38)31-10-4-2-5-11-31)39-26-21-34(22-27-39)37-18-17-32-12-8-9-15-36(32)28-37;1-2/h2-7,9-11,13-29H,8,12H2,1H3;1-2H3. The second-order valence-electron chi connectivity index (χ2n) is 11.0. The minimum Gasteiger partial charge on any atom is -0.310 e. The highest BCUT2D eigenvalue weighted by Crippen LogP contribution is 2.39. The summed E-state index contributed by atoms with van der Waals surface area (Å²) >= 11 is 0. The molecule has 0 amide bonds. The maximum atomic E-state index is 2.36. The highest BCUT2D eigenvalue weighted by atomic mass is 15.1. The fourth-order valence-electron chi connectivity index (χ4n) is 5.97. The molecule has 0 aromatic heterocycles. The van der Waals surface area contributed by atoms with Crippen molar-refractivity contribution in [3.63, 3.8) is 0 Å². The van der Waals surface area contributed by atoms with E-state index in [1.807, 2.05) is 13.8 Å². The number of rotatable bonds is 6. The van der Waals surface area contributed by atoms with Crippen LogP contribution in [0.5, 0.6) is 0 Å². The molecule has 0 saturated heterocycles. The molecule has 0 aliphatic heterocycles. The third kappa shape index (κ3) is 6.14. The molecular weight excluding hydrogens is 530 g/mol. The summed E-state index contributed by atoms with van der Waals surface area (Å²) in [6, 6.07) is 52.8. The molecule has 1 aliphatic carbocycles. The van der Waals surface area contributed by atoms with E-state index >= 15 is 0 Å². The Labute approximate surface area is 262 Å². The number of hydrogen-bond donors (Lipinski definition) is 0. The van der Waals surface area contributed by atoms with Crippen molar-refractivity contribution in [2.45, 2.75) is 33.6 Å². The van der Waals surface area contributed by atoms with Gasteiger partial charge in [-0.25, -0.2) is 0 Å². The SMILES string of the molecule is CC.Cc1ccc(N(c2ccc(-c3ccccc3)cc2)c2ccc(-c3ccc4c(c3)C=CCC4)cc2)cc1-c1ccccc1. The molecule has 6 aromatic carbocycles. The Bertz CT molecular complexity index is 1850. The van der Waals surface area contributed by atoms with Crippen molar-refractivity contribution in [1.29, 1.82) is 0 Å². The van der Waals surface area contributed by atoms with Gasteiger partial charge in [0.25, 0.3) is 0 Å². The van der Waals surface area contributed by atoms with Crippen molar-refractivity contribution in [1.82, 2.24) is 0 Å². The first-order chi connectivity index (χ1) is 21.7. The van der Waals surface area contributed by atoms with Crippen LogP contribution in [0, 0.1) is 6.92 Å². The van der Waals surface area contributed by atoms with Gasteiger partial charge in [-0.05, 0) is 112 Å². The molecule has 216 valence electrons. The molecule has 6 aromatic rings. The summed E-state index contributed by atoms with van der Waals surface area (Å²) in [5, 5.41) is 0. The van der Waals surface area contributed by atoms with E-state index in [4.69, 9.17) is 0 Å². The van der Waals surface area contributed by atoms with Gasteiger partial charge < -0.3 is 4.90 Å². The van der Waals surface area contributed by atoms with E-state index in [0.29, 0.717) is 0 Å². The van der Waals surface area contributed by atoms with Crippen LogP contribution in [-0.4, -0.2) is 0 Å². The van der Waals surface area contributed by atoms with Gasteiger partial charge in [-0.15, -0.1) is 0 Å². The molecule has 7 rings (SSSR count). The lowest BCUT2D eigenvalue weighted by atomic mass is 9.93. The van der Waals surface area contributed by atoms with Gasteiger partial charge in [0.1, 0.15) is 0 Å². The molecule has 0 bridgehead atoms. The lowest BCUT2D eigenvalue weighted by Crippen LogP contribution is -2.10. The molecule has 1 nitrogen and oxygen atoms in total. The van der Waals surface area contributed by atoms with Crippen molar-refractivity contribution in [3.05, 3.63) is 168 Å². The minimum atomic E-state index is 1.13. The summed E-state index contributed by atoms with van der Waals surface area (Å²) in [5.74, 6) is 0. The van der Waals surface area contributed by atoms with Crippen LogP contribution < -0.4 is 4.90 Å². The van der Waals surface area contributed by atoms with Crippen LogP contribution in [-0.2, 0) is 6.42 Å². The second kappa shape index (κ2) is 13.4. The Morgan fingerprint density at radius 1 is 0.477 bits per heavy atom. The van der Waals surface area contributed by atoms with Gasteiger partial charge in [0.15, 0.2) is 0 Å².